The minimum Gasteiger partial charge on any atom is -0.492 e. The SMILES string of the molecule is [2H]C([2H])([2H])NC(=O)c1nnc(Cl)cc1Nc1nccc(-c2ncn(C)n2)c1OC. The van der Waals surface area contributed by atoms with Crippen LogP contribution in [0.2, 0.25) is 5.15 Å². The fourth-order valence-electron chi connectivity index (χ4n) is 2.20. The highest BCUT2D eigenvalue weighted by molar-refractivity contribution is 6.29. The van der Waals surface area contributed by atoms with Crippen molar-refractivity contribution in [3.05, 3.63) is 35.5 Å². The Kier molecular flexibility index (Phi) is 3.93. The lowest BCUT2D eigenvalue weighted by Gasteiger charge is -2.14. The molecule has 3 rings (SSSR count). The van der Waals surface area contributed by atoms with Gasteiger partial charge in [0.25, 0.3) is 5.91 Å². The molecule has 0 unspecified atom stereocenters. The summed E-state index contributed by atoms with van der Waals surface area (Å²) in [6, 6.07) is 2.98. The van der Waals surface area contributed by atoms with Gasteiger partial charge in [-0.15, -0.1) is 10.2 Å². The van der Waals surface area contributed by atoms with Crippen LogP contribution in [0.5, 0.6) is 5.75 Å². The molecule has 3 heterocycles. The van der Waals surface area contributed by atoms with Gasteiger partial charge in [0, 0.05) is 30.4 Å². The molecule has 0 aromatic carbocycles. The van der Waals surface area contributed by atoms with E-state index >= 15 is 0 Å². The highest BCUT2D eigenvalue weighted by atomic mass is 35.5. The van der Waals surface area contributed by atoms with Crippen LogP contribution in [-0.4, -0.2) is 49.9 Å². The molecular formula is C15H15ClN8O2. The number of amides is 1. The molecule has 0 radical (unpaired) electrons. The first-order valence-electron chi connectivity index (χ1n) is 8.69. The number of nitrogens with one attached hydrogen (secondary N) is 2. The van der Waals surface area contributed by atoms with Gasteiger partial charge in [-0.25, -0.2) is 9.97 Å². The normalized spacial score (nSPS) is 12.7. The molecule has 0 aliphatic rings. The average Bonchev–Trinajstić information content (AvgIpc) is 3.06. The van der Waals surface area contributed by atoms with E-state index in [-0.39, 0.29) is 22.4 Å². The van der Waals surface area contributed by atoms with Gasteiger partial charge in [-0.1, -0.05) is 11.6 Å². The topological polar surface area (TPSA) is 120 Å². The molecule has 0 saturated carbocycles. The number of carbonyl (C=O) groups excluding carboxylic acids is 1. The number of anilines is 2. The van der Waals surface area contributed by atoms with Crippen LogP contribution in [0.15, 0.2) is 24.7 Å². The fourth-order valence-corrected chi connectivity index (χ4v) is 2.35. The molecule has 2 N–H and O–H groups in total. The second kappa shape index (κ2) is 7.31. The van der Waals surface area contributed by atoms with Crippen molar-refractivity contribution in [2.75, 3.05) is 19.4 Å². The summed E-state index contributed by atoms with van der Waals surface area (Å²) in [5.41, 5.74) is 0.353. The van der Waals surface area contributed by atoms with E-state index in [0.29, 0.717) is 17.1 Å². The Morgan fingerprint density at radius 2 is 2.23 bits per heavy atom. The maximum atomic E-state index is 12.3. The van der Waals surface area contributed by atoms with E-state index in [1.54, 1.807) is 13.1 Å². The zero-order chi connectivity index (χ0) is 21.2. The summed E-state index contributed by atoms with van der Waals surface area (Å²) in [5, 5.41) is 16.3. The van der Waals surface area contributed by atoms with Crippen molar-refractivity contribution in [2.45, 2.75) is 0 Å². The summed E-state index contributed by atoms with van der Waals surface area (Å²) in [6.45, 7) is -2.70. The van der Waals surface area contributed by atoms with E-state index in [1.165, 1.54) is 30.4 Å². The van der Waals surface area contributed by atoms with Crippen molar-refractivity contribution in [3.8, 4) is 17.1 Å². The summed E-state index contributed by atoms with van der Waals surface area (Å²) < 4.78 is 28.6. The summed E-state index contributed by atoms with van der Waals surface area (Å²) in [5.74, 6) is -0.0440. The van der Waals surface area contributed by atoms with Crippen molar-refractivity contribution in [1.29, 1.82) is 0 Å². The highest BCUT2D eigenvalue weighted by Crippen LogP contribution is 2.35. The minimum atomic E-state index is -2.70. The van der Waals surface area contributed by atoms with Crippen molar-refractivity contribution < 1.29 is 13.6 Å². The van der Waals surface area contributed by atoms with Gasteiger partial charge in [0.15, 0.2) is 28.2 Å². The predicted octanol–water partition coefficient (Wildman–Crippen LogP) is 1.43. The van der Waals surface area contributed by atoms with E-state index in [1.807, 2.05) is 5.32 Å². The lowest BCUT2D eigenvalue weighted by Crippen LogP contribution is -2.21. The number of pyridine rings is 1. The smallest absolute Gasteiger partial charge is 0.273 e. The molecule has 1 amide bonds. The number of aryl methyl sites for hydroxylation is 1. The summed E-state index contributed by atoms with van der Waals surface area (Å²) in [4.78, 5) is 20.7. The van der Waals surface area contributed by atoms with Crippen molar-refractivity contribution in [2.24, 2.45) is 7.05 Å². The third-order valence-corrected chi connectivity index (χ3v) is 3.48. The second-order valence-electron chi connectivity index (χ2n) is 4.99. The van der Waals surface area contributed by atoms with E-state index < -0.39 is 12.9 Å². The third-order valence-electron chi connectivity index (χ3n) is 3.29. The van der Waals surface area contributed by atoms with E-state index in [0.717, 1.165) is 0 Å². The van der Waals surface area contributed by atoms with Gasteiger partial charge >= 0.3 is 0 Å². The Balaban J connectivity index is 2.02. The number of ether oxygens (including phenoxy) is 1. The van der Waals surface area contributed by atoms with Gasteiger partial charge in [0.2, 0.25) is 0 Å². The Labute approximate surface area is 157 Å². The zero-order valence-corrected chi connectivity index (χ0v) is 14.4. The number of nitrogens with zero attached hydrogens (tertiary/aromatic N) is 6. The third kappa shape index (κ3) is 3.40. The monoisotopic (exact) mass is 377 g/mol. The molecule has 0 spiro atoms. The number of hydrogen-bond donors (Lipinski definition) is 2. The molecule has 11 heteroatoms. The molecular weight excluding hydrogens is 360 g/mol. The summed E-state index contributed by atoms with van der Waals surface area (Å²) in [6.07, 6.45) is 3.03. The molecule has 0 aliphatic carbocycles. The molecule has 0 atom stereocenters. The molecule has 0 aliphatic heterocycles. The number of methoxy groups -OCH3 is 1. The Morgan fingerprint density at radius 3 is 2.92 bits per heavy atom. The zero-order valence-electron chi connectivity index (χ0n) is 16.7. The van der Waals surface area contributed by atoms with E-state index in [4.69, 9.17) is 20.5 Å². The van der Waals surface area contributed by atoms with Crippen LogP contribution in [0, 0.1) is 0 Å². The van der Waals surface area contributed by atoms with Crippen LogP contribution in [0.4, 0.5) is 11.5 Å². The highest BCUT2D eigenvalue weighted by Gasteiger charge is 2.19. The number of halogens is 1. The van der Waals surface area contributed by atoms with Crippen LogP contribution in [0.25, 0.3) is 11.4 Å². The lowest BCUT2D eigenvalue weighted by molar-refractivity contribution is 0.0958. The Bertz CT molecular complexity index is 1060. The first-order chi connectivity index (χ1) is 13.7. The number of carbonyl (C=O) groups is 1. The van der Waals surface area contributed by atoms with Gasteiger partial charge in [0.1, 0.15) is 6.33 Å². The van der Waals surface area contributed by atoms with Crippen molar-refractivity contribution >= 4 is 29.0 Å². The standard InChI is InChI=1S/C15H15ClN8O2/c1-17-15(25)11-9(6-10(16)21-22-11)20-14-12(26-3)8(4-5-18-14)13-19-7-24(2)23-13/h4-7H,1-3H3,(H,17,25)(H,18,20,21)/i1D3. The number of rotatable bonds is 5. The molecule has 0 fully saturated rings. The van der Waals surface area contributed by atoms with Gasteiger partial charge < -0.3 is 15.4 Å². The van der Waals surface area contributed by atoms with E-state index in [2.05, 4.69) is 30.6 Å². The lowest BCUT2D eigenvalue weighted by atomic mass is 10.2. The first-order valence-corrected chi connectivity index (χ1v) is 7.57. The Hall–Kier alpha value is -3.27. The summed E-state index contributed by atoms with van der Waals surface area (Å²) >= 11 is 5.89. The largest absolute Gasteiger partial charge is 0.492 e. The van der Waals surface area contributed by atoms with Gasteiger partial charge in [-0.05, 0) is 6.07 Å². The second-order valence-corrected chi connectivity index (χ2v) is 5.38. The van der Waals surface area contributed by atoms with Crippen molar-refractivity contribution in [3.63, 3.8) is 0 Å². The minimum absolute atomic E-state index is 0.0144. The Morgan fingerprint density at radius 1 is 1.38 bits per heavy atom. The van der Waals surface area contributed by atoms with Crippen molar-refractivity contribution in [1.82, 2.24) is 35.3 Å². The van der Waals surface area contributed by atoms with Crippen LogP contribution in [0.3, 0.4) is 0 Å². The maximum absolute atomic E-state index is 12.3. The van der Waals surface area contributed by atoms with Crippen LogP contribution >= 0.6 is 11.6 Å². The molecule has 134 valence electrons. The maximum Gasteiger partial charge on any atom is 0.273 e. The number of hydrogen-bond acceptors (Lipinski definition) is 8. The average molecular weight is 378 g/mol. The van der Waals surface area contributed by atoms with Gasteiger partial charge in [-0.3, -0.25) is 9.48 Å². The quantitative estimate of drug-likeness (QED) is 0.685. The molecule has 3 aromatic heterocycles. The molecule has 3 aromatic rings. The predicted molar refractivity (Wildman–Crippen MR) is 94.5 cm³/mol. The van der Waals surface area contributed by atoms with Crippen LogP contribution in [0.1, 0.15) is 14.6 Å². The molecule has 0 saturated heterocycles. The van der Waals surface area contributed by atoms with Crippen LogP contribution < -0.4 is 15.4 Å². The first kappa shape index (κ1) is 14.0. The number of aromatic nitrogens is 6. The van der Waals surface area contributed by atoms with Gasteiger partial charge in [-0.2, -0.15) is 5.10 Å². The fraction of sp³-hybridized carbons (Fsp3) is 0.200. The molecule has 26 heavy (non-hydrogen) atoms. The van der Waals surface area contributed by atoms with Gasteiger partial charge in [0.05, 0.1) is 18.4 Å². The van der Waals surface area contributed by atoms with E-state index in [9.17, 15) is 4.79 Å². The molecule has 0 bridgehead atoms. The molecule has 10 nitrogen and oxygen atoms in total. The summed E-state index contributed by atoms with van der Waals surface area (Å²) in [7, 11) is 3.17. The van der Waals surface area contributed by atoms with Crippen LogP contribution in [-0.2, 0) is 7.05 Å².